The van der Waals surface area contributed by atoms with E-state index in [2.05, 4.69) is 15.9 Å². The lowest BCUT2D eigenvalue weighted by Gasteiger charge is -2.10. The van der Waals surface area contributed by atoms with Crippen molar-refractivity contribution >= 4 is 21.6 Å². The van der Waals surface area contributed by atoms with Crippen molar-refractivity contribution in [2.24, 2.45) is 0 Å². The van der Waals surface area contributed by atoms with Crippen molar-refractivity contribution < 1.29 is 14.8 Å². The summed E-state index contributed by atoms with van der Waals surface area (Å²) in [7, 11) is 0. The zero-order chi connectivity index (χ0) is 15.2. The SMILES string of the molecule is O=[N+]([O-])c1ccc(CCOc2ccc(Br)cc2CO)cc1. The topological polar surface area (TPSA) is 72.6 Å². The summed E-state index contributed by atoms with van der Waals surface area (Å²) in [5.74, 6) is 0.641. The van der Waals surface area contributed by atoms with Crippen molar-refractivity contribution in [1.82, 2.24) is 0 Å². The molecule has 2 rings (SSSR count). The highest BCUT2D eigenvalue weighted by molar-refractivity contribution is 9.10. The fraction of sp³-hybridized carbons (Fsp3) is 0.200. The third kappa shape index (κ3) is 4.27. The fourth-order valence-corrected chi connectivity index (χ4v) is 2.28. The summed E-state index contributed by atoms with van der Waals surface area (Å²) in [4.78, 5) is 10.1. The van der Waals surface area contributed by atoms with Gasteiger partial charge in [-0.15, -0.1) is 0 Å². The molecule has 1 N–H and O–H groups in total. The van der Waals surface area contributed by atoms with Crippen molar-refractivity contribution in [3.05, 3.63) is 68.2 Å². The Balaban J connectivity index is 1.93. The molecule has 0 fully saturated rings. The lowest BCUT2D eigenvalue weighted by molar-refractivity contribution is -0.384. The summed E-state index contributed by atoms with van der Waals surface area (Å²) < 4.78 is 6.53. The number of aliphatic hydroxyl groups is 1. The average molecular weight is 352 g/mol. The van der Waals surface area contributed by atoms with Gasteiger partial charge in [0, 0.05) is 28.6 Å². The lowest BCUT2D eigenvalue weighted by atomic mass is 10.1. The number of aliphatic hydroxyl groups excluding tert-OH is 1. The van der Waals surface area contributed by atoms with E-state index in [4.69, 9.17) is 4.74 Å². The van der Waals surface area contributed by atoms with Gasteiger partial charge < -0.3 is 9.84 Å². The van der Waals surface area contributed by atoms with Gasteiger partial charge in [0.1, 0.15) is 5.75 Å². The van der Waals surface area contributed by atoms with Gasteiger partial charge in [0.15, 0.2) is 0 Å². The number of ether oxygens (including phenoxy) is 1. The van der Waals surface area contributed by atoms with E-state index in [1.807, 2.05) is 6.07 Å². The van der Waals surface area contributed by atoms with E-state index in [0.717, 1.165) is 10.0 Å². The Morgan fingerprint density at radius 3 is 2.52 bits per heavy atom. The molecule has 0 spiro atoms. The van der Waals surface area contributed by atoms with Crippen LogP contribution in [-0.2, 0) is 13.0 Å². The van der Waals surface area contributed by atoms with Gasteiger partial charge in [-0.05, 0) is 23.8 Å². The van der Waals surface area contributed by atoms with Gasteiger partial charge in [-0.2, -0.15) is 0 Å². The summed E-state index contributed by atoms with van der Waals surface area (Å²) in [5, 5.41) is 19.8. The molecule has 2 aromatic carbocycles. The number of non-ortho nitro benzene ring substituents is 1. The molecule has 0 bridgehead atoms. The minimum absolute atomic E-state index is 0.0788. The molecule has 0 saturated heterocycles. The van der Waals surface area contributed by atoms with E-state index >= 15 is 0 Å². The van der Waals surface area contributed by atoms with Gasteiger partial charge in [-0.1, -0.05) is 28.1 Å². The van der Waals surface area contributed by atoms with Gasteiger partial charge in [0.25, 0.3) is 5.69 Å². The van der Waals surface area contributed by atoms with E-state index in [0.29, 0.717) is 24.3 Å². The smallest absolute Gasteiger partial charge is 0.269 e. The second-order valence-electron chi connectivity index (χ2n) is 4.43. The first-order valence-corrected chi connectivity index (χ1v) is 7.15. The number of hydrogen-bond acceptors (Lipinski definition) is 4. The van der Waals surface area contributed by atoms with Crippen LogP contribution in [-0.4, -0.2) is 16.6 Å². The van der Waals surface area contributed by atoms with Crippen molar-refractivity contribution in [1.29, 1.82) is 0 Å². The molecule has 0 saturated carbocycles. The lowest BCUT2D eigenvalue weighted by Crippen LogP contribution is -2.03. The normalized spacial score (nSPS) is 10.4. The van der Waals surface area contributed by atoms with E-state index in [-0.39, 0.29) is 12.3 Å². The molecule has 0 aromatic heterocycles. The molecule has 5 nitrogen and oxygen atoms in total. The largest absolute Gasteiger partial charge is 0.493 e. The van der Waals surface area contributed by atoms with Crippen LogP contribution in [0.4, 0.5) is 5.69 Å². The van der Waals surface area contributed by atoms with E-state index < -0.39 is 4.92 Å². The summed E-state index contributed by atoms with van der Waals surface area (Å²) in [6.07, 6.45) is 0.638. The molecule has 0 atom stereocenters. The molecule has 0 heterocycles. The van der Waals surface area contributed by atoms with E-state index in [1.165, 1.54) is 12.1 Å². The second-order valence-corrected chi connectivity index (χ2v) is 5.35. The van der Waals surface area contributed by atoms with Gasteiger partial charge in [-0.3, -0.25) is 10.1 Å². The van der Waals surface area contributed by atoms with Crippen LogP contribution in [0, 0.1) is 10.1 Å². The van der Waals surface area contributed by atoms with E-state index in [1.54, 1.807) is 24.3 Å². The first kappa shape index (κ1) is 15.5. The Labute approximate surface area is 130 Å². The van der Waals surface area contributed by atoms with Crippen molar-refractivity contribution in [3.63, 3.8) is 0 Å². The molecule has 0 radical (unpaired) electrons. The highest BCUT2D eigenvalue weighted by Gasteiger charge is 2.06. The zero-order valence-electron chi connectivity index (χ0n) is 11.2. The number of rotatable bonds is 6. The number of nitro benzene ring substituents is 1. The van der Waals surface area contributed by atoms with Crippen LogP contribution in [0.3, 0.4) is 0 Å². The van der Waals surface area contributed by atoms with Gasteiger partial charge >= 0.3 is 0 Å². The van der Waals surface area contributed by atoms with Crippen molar-refractivity contribution in [3.8, 4) is 5.75 Å². The Kier molecular flexibility index (Phi) is 5.30. The molecule has 0 aliphatic carbocycles. The summed E-state index contributed by atoms with van der Waals surface area (Å²) in [6.45, 7) is 0.346. The molecule has 6 heteroatoms. The Bertz CT molecular complexity index is 628. The number of hydrogen-bond donors (Lipinski definition) is 1. The molecule has 0 unspecified atom stereocenters. The summed E-state index contributed by atoms with van der Waals surface area (Å²) >= 11 is 3.34. The Morgan fingerprint density at radius 1 is 1.19 bits per heavy atom. The number of nitro groups is 1. The monoisotopic (exact) mass is 351 g/mol. The molecule has 0 aliphatic rings. The van der Waals surface area contributed by atoms with Crippen LogP contribution < -0.4 is 4.74 Å². The first-order chi connectivity index (χ1) is 10.1. The third-order valence-electron chi connectivity index (χ3n) is 2.99. The molecule has 21 heavy (non-hydrogen) atoms. The summed E-state index contributed by atoms with van der Waals surface area (Å²) in [6, 6.07) is 11.8. The van der Waals surface area contributed by atoms with Crippen LogP contribution in [0.2, 0.25) is 0 Å². The molecular formula is C15H14BrNO4. The van der Waals surface area contributed by atoms with Crippen LogP contribution in [0.1, 0.15) is 11.1 Å². The van der Waals surface area contributed by atoms with Crippen molar-refractivity contribution in [2.45, 2.75) is 13.0 Å². The van der Waals surface area contributed by atoms with Crippen molar-refractivity contribution in [2.75, 3.05) is 6.61 Å². The minimum Gasteiger partial charge on any atom is -0.493 e. The third-order valence-corrected chi connectivity index (χ3v) is 3.48. The highest BCUT2D eigenvalue weighted by atomic mass is 79.9. The van der Waals surface area contributed by atoms with Crippen LogP contribution >= 0.6 is 15.9 Å². The maximum Gasteiger partial charge on any atom is 0.269 e. The van der Waals surface area contributed by atoms with Gasteiger partial charge in [0.2, 0.25) is 0 Å². The molecule has 2 aromatic rings. The Hall–Kier alpha value is -1.92. The summed E-state index contributed by atoms with van der Waals surface area (Å²) in [5.41, 5.74) is 1.76. The van der Waals surface area contributed by atoms with Crippen LogP contribution in [0.25, 0.3) is 0 Å². The number of benzene rings is 2. The maximum atomic E-state index is 10.6. The first-order valence-electron chi connectivity index (χ1n) is 6.35. The van der Waals surface area contributed by atoms with Crippen LogP contribution in [0.5, 0.6) is 5.75 Å². The molecular weight excluding hydrogens is 338 g/mol. The second kappa shape index (κ2) is 7.19. The molecule has 0 aliphatic heterocycles. The van der Waals surface area contributed by atoms with Gasteiger partial charge in [-0.25, -0.2) is 0 Å². The van der Waals surface area contributed by atoms with Gasteiger partial charge in [0.05, 0.1) is 18.1 Å². The standard InChI is InChI=1S/C15H14BrNO4/c16-13-3-6-15(12(9-13)10-18)21-8-7-11-1-4-14(5-2-11)17(19)20/h1-6,9,18H,7-8,10H2. The predicted octanol–water partition coefficient (Wildman–Crippen LogP) is 3.47. The number of halogens is 1. The quantitative estimate of drug-likeness (QED) is 0.638. The minimum atomic E-state index is -0.421. The number of nitrogens with zero attached hydrogens (tertiary/aromatic N) is 1. The predicted molar refractivity (Wildman–Crippen MR) is 82.4 cm³/mol. The average Bonchev–Trinajstić information content (AvgIpc) is 2.49. The van der Waals surface area contributed by atoms with Crippen LogP contribution in [0.15, 0.2) is 46.9 Å². The van der Waals surface area contributed by atoms with E-state index in [9.17, 15) is 15.2 Å². The molecule has 0 amide bonds. The molecule has 110 valence electrons. The zero-order valence-corrected chi connectivity index (χ0v) is 12.7. The maximum absolute atomic E-state index is 10.6. The fourth-order valence-electron chi connectivity index (χ4n) is 1.88. The Morgan fingerprint density at radius 2 is 1.90 bits per heavy atom. The highest BCUT2D eigenvalue weighted by Crippen LogP contribution is 2.23.